The van der Waals surface area contributed by atoms with Crippen LogP contribution in [0.2, 0.25) is 0 Å². The third kappa shape index (κ3) is 4.99. The van der Waals surface area contributed by atoms with Crippen LogP contribution < -0.4 is 0 Å². The minimum atomic E-state index is -0.984. The van der Waals surface area contributed by atoms with Crippen LogP contribution in [0.15, 0.2) is 111 Å². The molecule has 42 heavy (non-hydrogen) atoms. The lowest BCUT2D eigenvalue weighted by atomic mass is 10.3. The van der Waals surface area contributed by atoms with E-state index in [2.05, 4.69) is 54.3 Å². The normalized spacial score (nSPS) is 11.5. The van der Waals surface area contributed by atoms with E-state index in [0.29, 0.717) is 0 Å². The first-order chi connectivity index (χ1) is 20.8. The second-order valence-corrected chi connectivity index (χ2v) is 8.84. The molecule has 6 rings (SSSR count). The molecule has 0 saturated heterocycles. The molecule has 6 aromatic rings. The van der Waals surface area contributed by atoms with E-state index in [9.17, 15) is 0 Å². The zero-order valence-corrected chi connectivity index (χ0v) is 22.4. The largest absolute Gasteiger partial charge is 0.362 e. The quantitative estimate of drug-likeness (QED) is 0.160. The fourth-order valence-corrected chi connectivity index (χ4v) is 4.55. The van der Waals surface area contributed by atoms with Gasteiger partial charge in [-0.2, -0.15) is 30.6 Å². The second-order valence-electron chi connectivity index (χ2n) is 8.84. The van der Waals surface area contributed by atoms with E-state index in [1.807, 2.05) is 73.6 Å². The highest BCUT2D eigenvalue weighted by Crippen LogP contribution is 2.22. The van der Waals surface area contributed by atoms with Crippen molar-refractivity contribution in [3.05, 3.63) is 111 Å². The van der Waals surface area contributed by atoms with Gasteiger partial charge in [0.05, 0.1) is 0 Å². The van der Waals surface area contributed by atoms with Crippen molar-refractivity contribution >= 4 is 0 Å². The van der Waals surface area contributed by atoms with Crippen molar-refractivity contribution in [2.75, 3.05) is 26.4 Å². The van der Waals surface area contributed by atoms with Gasteiger partial charge in [-0.05, 0) is 48.2 Å². The molecule has 0 radical (unpaired) electrons. The van der Waals surface area contributed by atoms with E-state index in [-0.39, 0.29) is 26.4 Å². The molecule has 0 aromatic carbocycles. The topological polar surface area (TPSA) is 125 Å². The number of hydrogen-bond acceptors (Lipinski definition) is 8. The zero-order chi connectivity index (χ0) is 28.5. The lowest BCUT2D eigenvalue weighted by molar-refractivity contribution is 0.000895. The minimum Gasteiger partial charge on any atom is -0.362 e. The van der Waals surface area contributed by atoms with Crippen LogP contribution in [-0.2, 0) is 21.0 Å². The van der Waals surface area contributed by atoms with Gasteiger partial charge >= 0.3 is 0 Å². The van der Waals surface area contributed by atoms with Gasteiger partial charge in [0, 0.05) is 74.4 Å². The number of ether oxygens (including phenoxy) is 2. The lowest BCUT2D eigenvalue weighted by Crippen LogP contribution is -2.52. The van der Waals surface area contributed by atoms with Gasteiger partial charge in [0.1, 0.15) is 26.4 Å². The van der Waals surface area contributed by atoms with Crippen molar-refractivity contribution in [2.24, 2.45) is 0 Å². The average molecular weight is 563 g/mol. The molecule has 0 atom stereocenters. The first-order valence-electron chi connectivity index (χ1n) is 13.0. The summed E-state index contributed by atoms with van der Waals surface area (Å²) in [7, 11) is 0. The standard InChI is InChI=1S/C28H26N12O2/c1(3-23-41-25-27(35-17-5-11-29-35,36-18-6-12-30-36)37-19-7-13-31-37)2-4-24-42-26-28(38-20-8-14-32-38,39-21-9-15-33-39)40-22-10-16-34-40/h5-22H,23-26H2. The Morgan fingerprint density at radius 2 is 0.690 bits per heavy atom. The molecule has 0 N–H and O–H groups in total. The van der Waals surface area contributed by atoms with E-state index >= 15 is 0 Å². The Kier molecular flexibility index (Phi) is 7.71. The predicted molar refractivity (Wildman–Crippen MR) is 148 cm³/mol. The van der Waals surface area contributed by atoms with Crippen LogP contribution in [0.1, 0.15) is 0 Å². The fraction of sp³-hybridized carbons (Fsp3) is 0.214. The monoisotopic (exact) mass is 562 g/mol. The van der Waals surface area contributed by atoms with Gasteiger partial charge < -0.3 is 9.47 Å². The fourth-order valence-electron chi connectivity index (χ4n) is 4.55. The third-order valence-corrected chi connectivity index (χ3v) is 6.41. The minimum absolute atomic E-state index is 0.141. The van der Waals surface area contributed by atoms with Crippen LogP contribution in [0.3, 0.4) is 0 Å². The van der Waals surface area contributed by atoms with Crippen LogP contribution in [0.5, 0.6) is 0 Å². The summed E-state index contributed by atoms with van der Waals surface area (Å²) in [4.78, 5) is 0. The summed E-state index contributed by atoms with van der Waals surface area (Å²) in [5, 5.41) is 26.7. The molecule has 0 aliphatic carbocycles. The average Bonchev–Trinajstić information content (AvgIpc) is 3.88. The summed E-state index contributed by atoms with van der Waals surface area (Å²) < 4.78 is 22.4. The van der Waals surface area contributed by atoms with Crippen LogP contribution in [0.25, 0.3) is 0 Å². The van der Waals surface area contributed by atoms with Gasteiger partial charge in [0.25, 0.3) is 11.6 Å². The molecule has 6 heterocycles. The number of aromatic nitrogens is 12. The highest BCUT2D eigenvalue weighted by molar-refractivity contribution is 5.26. The maximum atomic E-state index is 5.98. The molecule has 0 aliphatic rings. The van der Waals surface area contributed by atoms with Crippen molar-refractivity contribution in [3.63, 3.8) is 0 Å². The van der Waals surface area contributed by atoms with Crippen molar-refractivity contribution in [2.45, 2.75) is 11.6 Å². The molecule has 14 heteroatoms. The smallest absolute Gasteiger partial charge is 0.273 e. The molecule has 0 unspecified atom stereocenters. The van der Waals surface area contributed by atoms with Crippen molar-refractivity contribution < 1.29 is 9.47 Å². The molecule has 6 aromatic heterocycles. The Balaban J connectivity index is 1.09. The van der Waals surface area contributed by atoms with Gasteiger partial charge in [-0.25, -0.2) is 28.1 Å². The molecule has 0 bridgehead atoms. The zero-order valence-electron chi connectivity index (χ0n) is 22.4. The molecule has 0 aliphatic heterocycles. The Bertz CT molecular complexity index is 1430. The third-order valence-electron chi connectivity index (χ3n) is 6.41. The number of rotatable bonds is 12. The molecule has 0 amide bonds. The van der Waals surface area contributed by atoms with E-state index < -0.39 is 11.6 Å². The van der Waals surface area contributed by atoms with E-state index in [4.69, 9.17) is 9.47 Å². The number of nitrogens with zero attached hydrogens (tertiary/aromatic N) is 12. The van der Waals surface area contributed by atoms with E-state index in [1.165, 1.54) is 0 Å². The van der Waals surface area contributed by atoms with Gasteiger partial charge in [-0.1, -0.05) is 11.8 Å². The van der Waals surface area contributed by atoms with Gasteiger partial charge in [-0.15, -0.1) is 0 Å². The molecular weight excluding hydrogens is 536 g/mol. The van der Waals surface area contributed by atoms with Gasteiger partial charge in [0.15, 0.2) is 0 Å². The maximum absolute atomic E-state index is 5.98. The van der Waals surface area contributed by atoms with Crippen molar-refractivity contribution in [1.29, 1.82) is 0 Å². The SMILES string of the molecule is C(C#CCOCC(n1cccn1)(n1cccn1)n1cccn1)#CCOCC(n1cccn1)(n1cccn1)n1cccn1. The Morgan fingerprint density at radius 1 is 0.429 bits per heavy atom. The predicted octanol–water partition coefficient (Wildman–Crippen LogP) is 1.02. The van der Waals surface area contributed by atoms with E-state index in [1.54, 1.807) is 65.3 Å². The van der Waals surface area contributed by atoms with Gasteiger partial charge in [0.2, 0.25) is 0 Å². The molecule has 0 fully saturated rings. The molecular formula is C28H26N12O2. The van der Waals surface area contributed by atoms with Gasteiger partial charge in [-0.3, -0.25) is 0 Å². The summed E-state index contributed by atoms with van der Waals surface area (Å²) in [6.45, 7) is 0.615. The van der Waals surface area contributed by atoms with Crippen molar-refractivity contribution in [3.8, 4) is 23.7 Å². The summed E-state index contributed by atoms with van der Waals surface area (Å²) >= 11 is 0. The van der Waals surface area contributed by atoms with Crippen LogP contribution >= 0.6 is 0 Å². The summed E-state index contributed by atoms with van der Waals surface area (Å²) in [5.41, 5.74) is 0. The second kappa shape index (κ2) is 12.2. The van der Waals surface area contributed by atoms with E-state index in [0.717, 1.165) is 0 Å². The summed E-state index contributed by atoms with van der Waals surface area (Å²) in [6, 6.07) is 11.0. The first kappa shape index (κ1) is 26.5. The van der Waals surface area contributed by atoms with Crippen molar-refractivity contribution in [1.82, 2.24) is 58.7 Å². The number of hydrogen-bond donors (Lipinski definition) is 0. The summed E-state index contributed by atoms with van der Waals surface area (Å²) in [6.07, 6.45) is 21.2. The highest BCUT2D eigenvalue weighted by Gasteiger charge is 2.40. The lowest BCUT2D eigenvalue weighted by Gasteiger charge is -2.34. The Hall–Kier alpha value is -5.70. The summed E-state index contributed by atoms with van der Waals surface area (Å²) in [5.74, 6) is 9.54. The molecule has 0 spiro atoms. The maximum Gasteiger partial charge on any atom is 0.273 e. The highest BCUT2D eigenvalue weighted by atomic mass is 16.5. The van der Waals surface area contributed by atoms with Crippen LogP contribution in [0.4, 0.5) is 0 Å². The van der Waals surface area contributed by atoms with Crippen LogP contribution in [-0.4, -0.2) is 85.1 Å². The first-order valence-corrected chi connectivity index (χ1v) is 13.0. The molecule has 14 nitrogen and oxygen atoms in total. The molecule has 210 valence electrons. The Morgan fingerprint density at radius 3 is 0.905 bits per heavy atom. The van der Waals surface area contributed by atoms with Crippen LogP contribution in [0, 0.1) is 23.7 Å². The molecule has 0 saturated carbocycles. The Labute approximate surface area is 240 Å².